The van der Waals surface area contributed by atoms with Gasteiger partial charge in [0.15, 0.2) is 0 Å². The minimum absolute atomic E-state index is 0.0785. The van der Waals surface area contributed by atoms with Crippen LogP contribution in [0.2, 0.25) is 10.0 Å². The van der Waals surface area contributed by atoms with E-state index in [1.807, 2.05) is 36.4 Å². The molecular formula is C42H37Cl2N3O5S2. The number of halogens is 2. The lowest BCUT2D eigenvalue weighted by Gasteiger charge is -2.18. The highest BCUT2D eigenvalue weighted by atomic mass is 35.5. The third-order valence-corrected chi connectivity index (χ3v) is 11.8. The lowest BCUT2D eigenvalue weighted by molar-refractivity contribution is -0.116. The number of hydrogen-bond acceptors (Lipinski definition) is 7. The fourth-order valence-electron chi connectivity index (χ4n) is 6.05. The van der Waals surface area contributed by atoms with Gasteiger partial charge in [0.2, 0.25) is 5.91 Å². The molecule has 12 heteroatoms. The monoisotopic (exact) mass is 797 g/mol. The molecule has 1 aliphatic rings. The second-order valence-electron chi connectivity index (χ2n) is 12.4. The molecule has 54 heavy (non-hydrogen) atoms. The van der Waals surface area contributed by atoms with Gasteiger partial charge in [0.05, 0.1) is 12.2 Å². The Morgan fingerprint density at radius 2 is 1.52 bits per heavy atom. The van der Waals surface area contributed by atoms with Crippen molar-refractivity contribution >= 4 is 86.8 Å². The molecule has 3 amide bonds. The number of carbonyl (C=O) groups is 4. The summed E-state index contributed by atoms with van der Waals surface area (Å²) in [5, 5.41) is 9.07. The van der Waals surface area contributed by atoms with Crippen LogP contribution in [0, 0.1) is 0 Å². The first kappa shape index (κ1) is 38.8. The zero-order chi connectivity index (χ0) is 38.0. The highest BCUT2D eigenvalue weighted by molar-refractivity contribution is 8.00. The lowest BCUT2D eigenvalue weighted by Crippen LogP contribution is -2.30. The summed E-state index contributed by atoms with van der Waals surface area (Å²) in [5.74, 6) is -1.83. The molecule has 0 spiro atoms. The molecule has 6 rings (SSSR count). The Hall–Kier alpha value is -4.87. The minimum atomic E-state index is -0.711. The van der Waals surface area contributed by atoms with Crippen molar-refractivity contribution in [3.8, 4) is 0 Å². The van der Waals surface area contributed by atoms with Crippen LogP contribution >= 0.6 is 46.3 Å². The summed E-state index contributed by atoms with van der Waals surface area (Å²) in [5.41, 5.74) is 3.26. The molecule has 1 heterocycles. The topological polar surface area (TPSA) is 114 Å². The number of anilines is 2. The van der Waals surface area contributed by atoms with Crippen molar-refractivity contribution < 1.29 is 23.9 Å². The van der Waals surface area contributed by atoms with Crippen molar-refractivity contribution in [2.45, 2.75) is 49.2 Å². The fraction of sp³-hybridized carbons (Fsp3) is 0.190. The first-order chi connectivity index (χ1) is 26.2. The number of thioether (sulfide) groups is 1. The van der Waals surface area contributed by atoms with Crippen LogP contribution in [0.1, 0.15) is 73.7 Å². The van der Waals surface area contributed by atoms with Crippen molar-refractivity contribution in [3.05, 3.63) is 152 Å². The quantitative estimate of drug-likeness (QED) is 0.0501. The molecule has 0 radical (unpaired) electrons. The number of hydrogen-bond donors (Lipinski definition) is 3. The number of ether oxygens (including phenoxy) is 1. The van der Waals surface area contributed by atoms with E-state index in [4.69, 9.17) is 27.9 Å². The number of amides is 3. The molecule has 0 saturated heterocycles. The number of nitrogens with one attached hydrogen (secondary N) is 3. The normalized spacial score (nSPS) is 13.2. The predicted octanol–water partition coefficient (Wildman–Crippen LogP) is 10.4. The number of fused-ring (bicyclic) bond motifs is 1. The van der Waals surface area contributed by atoms with Gasteiger partial charge in [0, 0.05) is 36.6 Å². The van der Waals surface area contributed by atoms with Crippen molar-refractivity contribution in [1.82, 2.24) is 5.32 Å². The molecular weight excluding hydrogens is 762 g/mol. The molecule has 0 aliphatic heterocycles. The Morgan fingerprint density at radius 3 is 2.24 bits per heavy atom. The van der Waals surface area contributed by atoms with E-state index in [-0.39, 0.29) is 18.2 Å². The van der Waals surface area contributed by atoms with Crippen LogP contribution in [0.25, 0.3) is 6.08 Å². The van der Waals surface area contributed by atoms with Gasteiger partial charge in [0.1, 0.15) is 15.9 Å². The summed E-state index contributed by atoms with van der Waals surface area (Å²) in [4.78, 5) is 56.2. The summed E-state index contributed by atoms with van der Waals surface area (Å²) in [6.07, 6.45) is 6.16. The average molecular weight is 799 g/mol. The van der Waals surface area contributed by atoms with E-state index in [2.05, 4.69) is 16.0 Å². The molecule has 8 nitrogen and oxygen atoms in total. The van der Waals surface area contributed by atoms with E-state index in [1.165, 1.54) is 29.2 Å². The fourth-order valence-corrected chi connectivity index (χ4v) is 8.92. The Bertz CT molecular complexity index is 2170. The van der Waals surface area contributed by atoms with E-state index in [9.17, 15) is 19.2 Å². The Balaban J connectivity index is 1.27. The number of esters is 1. The molecule has 0 fully saturated rings. The van der Waals surface area contributed by atoms with Gasteiger partial charge < -0.3 is 20.7 Å². The van der Waals surface area contributed by atoms with Crippen LogP contribution in [0.5, 0.6) is 0 Å². The van der Waals surface area contributed by atoms with E-state index in [1.54, 1.807) is 73.7 Å². The number of aryl methyl sites for hydroxylation is 1. The van der Waals surface area contributed by atoms with Gasteiger partial charge in [-0.2, -0.15) is 0 Å². The van der Waals surface area contributed by atoms with Crippen molar-refractivity contribution in [1.29, 1.82) is 0 Å². The molecule has 0 bridgehead atoms. The molecule has 0 saturated carbocycles. The van der Waals surface area contributed by atoms with Gasteiger partial charge in [-0.05, 0) is 92.3 Å². The third-order valence-electron chi connectivity index (χ3n) is 8.64. The summed E-state index contributed by atoms with van der Waals surface area (Å²) >= 11 is 15.6. The van der Waals surface area contributed by atoms with Gasteiger partial charge in [-0.1, -0.05) is 90.3 Å². The van der Waals surface area contributed by atoms with Gasteiger partial charge in [-0.15, -0.1) is 23.1 Å². The van der Waals surface area contributed by atoms with E-state index in [0.717, 1.165) is 48.1 Å². The van der Waals surface area contributed by atoms with Gasteiger partial charge in [-0.25, -0.2) is 4.79 Å². The molecule has 1 aromatic heterocycles. The second kappa shape index (κ2) is 18.4. The number of thiophene rings is 1. The highest BCUT2D eigenvalue weighted by Gasteiger charge is 2.30. The molecule has 5 aromatic rings. The van der Waals surface area contributed by atoms with E-state index < -0.39 is 23.0 Å². The highest BCUT2D eigenvalue weighted by Crippen LogP contribution is 2.41. The number of benzene rings is 4. The Labute approximate surface area is 332 Å². The van der Waals surface area contributed by atoms with Gasteiger partial charge >= 0.3 is 5.97 Å². The van der Waals surface area contributed by atoms with Crippen molar-refractivity contribution in [2.24, 2.45) is 0 Å². The van der Waals surface area contributed by atoms with Crippen molar-refractivity contribution in [2.75, 3.05) is 17.2 Å². The molecule has 1 atom stereocenters. The molecule has 276 valence electrons. The maximum atomic E-state index is 14.2. The number of rotatable bonds is 12. The van der Waals surface area contributed by atoms with Crippen LogP contribution in [-0.4, -0.2) is 30.3 Å². The summed E-state index contributed by atoms with van der Waals surface area (Å²) in [7, 11) is 0. The van der Waals surface area contributed by atoms with Crippen molar-refractivity contribution in [3.63, 3.8) is 0 Å². The summed E-state index contributed by atoms with van der Waals surface area (Å²) in [6.45, 7) is 2.00. The van der Waals surface area contributed by atoms with Gasteiger partial charge in [-0.3, -0.25) is 14.4 Å². The SMILES string of the molecule is CCOC(=O)c1c(NC(=O)C(Sc2cccc(NC(=O)/C(=C\c3c(Cl)cccc3Cl)NC(=O)c3ccccc3)c2)c2ccccc2)sc2c1CCCCC2. The third kappa shape index (κ3) is 9.62. The lowest BCUT2D eigenvalue weighted by atomic mass is 10.1. The smallest absolute Gasteiger partial charge is 0.341 e. The first-order valence-corrected chi connectivity index (χ1v) is 19.9. The zero-order valence-electron chi connectivity index (χ0n) is 29.3. The van der Waals surface area contributed by atoms with Gasteiger partial charge in [0.25, 0.3) is 11.8 Å². The second-order valence-corrected chi connectivity index (χ2v) is 15.5. The van der Waals surface area contributed by atoms with Crippen LogP contribution in [0.3, 0.4) is 0 Å². The summed E-state index contributed by atoms with van der Waals surface area (Å²) in [6, 6.07) is 29.9. The number of carbonyl (C=O) groups excluding carboxylic acids is 4. The first-order valence-electron chi connectivity index (χ1n) is 17.5. The molecule has 4 aromatic carbocycles. The Kier molecular flexibility index (Phi) is 13.3. The van der Waals surface area contributed by atoms with E-state index >= 15 is 0 Å². The standard InChI is InChI=1S/C42H37Cl2N3O5S2/c1-2-52-42(51)36-30-20-10-5-11-23-35(30)54-41(36)47-40(50)37(26-14-6-3-7-15-26)53-29-19-12-18-28(24-29)45-39(49)34(25-31-32(43)21-13-22-33(31)44)46-38(48)27-16-8-4-9-17-27/h3-4,6-9,12-19,21-22,24-25,37H,2,5,10-11,20,23H2,1H3,(H,45,49)(H,46,48)(H,47,50)/b34-25+. The average Bonchev–Trinajstić information content (AvgIpc) is 3.35. The van der Waals surface area contributed by atoms with Crippen LogP contribution in [-0.2, 0) is 27.2 Å². The molecule has 1 unspecified atom stereocenters. The van der Waals surface area contributed by atoms with Crippen LogP contribution in [0.15, 0.2) is 114 Å². The van der Waals surface area contributed by atoms with E-state index in [0.29, 0.717) is 42.3 Å². The largest absolute Gasteiger partial charge is 0.462 e. The molecule has 1 aliphatic carbocycles. The predicted molar refractivity (Wildman–Crippen MR) is 219 cm³/mol. The Morgan fingerprint density at radius 1 is 0.833 bits per heavy atom. The molecule has 3 N–H and O–H groups in total. The maximum absolute atomic E-state index is 14.2. The minimum Gasteiger partial charge on any atom is -0.462 e. The van der Waals surface area contributed by atoms with Crippen LogP contribution in [0.4, 0.5) is 10.7 Å². The summed E-state index contributed by atoms with van der Waals surface area (Å²) < 4.78 is 5.44. The maximum Gasteiger partial charge on any atom is 0.341 e. The zero-order valence-corrected chi connectivity index (χ0v) is 32.5. The van der Waals surface area contributed by atoms with Crippen LogP contribution < -0.4 is 16.0 Å².